The van der Waals surface area contributed by atoms with Crippen molar-refractivity contribution in [1.29, 1.82) is 0 Å². The minimum atomic E-state index is -0.162. The van der Waals surface area contributed by atoms with Gasteiger partial charge in [-0.2, -0.15) is 0 Å². The van der Waals surface area contributed by atoms with Gasteiger partial charge in [-0.3, -0.25) is 4.98 Å². The maximum absolute atomic E-state index is 11.9. The van der Waals surface area contributed by atoms with Gasteiger partial charge in [0, 0.05) is 12.7 Å². The number of hydrogen-bond acceptors (Lipinski definition) is 3. The summed E-state index contributed by atoms with van der Waals surface area (Å²) in [6.45, 7) is 0.734. The molecule has 1 fully saturated rings. The van der Waals surface area contributed by atoms with Gasteiger partial charge >= 0.3 is 6.03 Å². The molecule has 0 unspecified atom stereocenters. The number of carbonyl (C=O) groups is 1. The zero-order chi connectivity index (χ0) is 11.4. The van der Waals surface area contributed by atoms with Crippen LogP contribution in [0.3, 0.4) is 0 Å². The second-order valence-electron chi connectivity index (χ2n) is 3.84. The number of amides is 2. The molecule has 2 heterocycles. The Morgan fingerprint density at radius 3 is 3.25 bits per heavy atom. The molecule has 1 aromatic heterocycles. The molecule has 1 aromatic rings. The number of nitrogens with zero attached hydrogens (tertiary/aromatic N) is 2. The first kappa shape index (κ1) is 10.9. The summed E-state index contributed by atoms with van der Waals surface area (Å²) in [6.07, 6.45) is 5.08. The molecule has 1 aliphatic heterocycles. The quantitative estimate of drug-likeness (QED) is 0.785. The van der Waals surface area contributed by atoms with Crippen LogP contribution in [0.2, 0.25) is 0 Å². The van der Waals surface area contributed by atoms with Gasteiger partial charge in [-0.05, 0) is 25.0 Å². The molecule has 16 heavy (non-hydrogen) atoms. The van der Waals surface area contributed by atoms with Crippen LogP contribution in [0.5, 0.6) is 0 Å². The van der Waals surface area contributed by atoms with Crippen LogP contribution >= 0.6 is 0 Å². The van der Waals surface area contributed by atoms with Crippen molar-refractivity contribution in [3.8, 4) is 0 Å². The lowest BCUT2D eigenvalue weighted by Crippen LogP contribution is -2.40. The van der Waals surface area contributed by atoms with Crippen LogP contribution in [0, 0.1) is 0 Å². The van der Waals surface area contributed by atoms with Crippen LogP contribution in [0.4, 0.5) is 10.5 Å². The van der Waals surface area contributed by atoms with Gasteiger partial charge in [0.2, 0.25) is 0 Å². The number of nitrogens with one attached hydrogen (secondary N) is 1. The fourth-order valence-corrected chi connectivity index (χ4v) is 1.92. The van der Waals surface area contributed by atoms with Gasteiger partial charge in [0.1, 0.15) is 0 Å². The molecular weight excluding hydrogens is 206 g/mol. The lowest BCUT2D eigenvalue weighted by molar-refractivity contribution is 0.166. The summed E-state index contributed by atoms with van der Waals surface area (Å²) < 4.78 is 0. The standard InChI is InChI=1S/C11H15N3O2/c15-8-10-4-2-6-14(10)11(16)13-9-3-1-5-12-7-9/h1,3,5,7,10,15H,2,4,6,8H2,(H,13,16)/t10-/m0/s1. The zero-order valence-corrected chi connectivity index (χ0v) is 8.97. The highest BCUT2D eigenvalue weighted by Gasteiger charge is 2.27. The normalized spacial score (nSPS) is 19.8. The van der Waals surface area contributed by atoms with Gasteiger partial charge in [-0.25, -0.2) is 4.79 Å². The predicted molar refractivity (Wildman–Crippen MR) is 60.1 cm³/mol. The highest BCUT2D eigenvalue weighted by Crippen LogP contribution is 2.17. The molecule has 2 amide bonds. The summed E-state index contributed by atoms with van der Waals surface area (Å²) in [6, 6.07) is 3.35. The van der Waals surface area contributed by atoms with E-state index in [9.17, 15) is 4.79 Å². The van der Waals surface area contributed by atoms with Crippen molar-refractivity contribution in [3.63, 3.8) is 0 Å². The van der Waals surface area contributed by atoms with Crippen LogP contribution in [0.1, 0.15) is 12.8 Å². The minimum absolute atomic E-state index is 0.0282. The van der Waals surface area contributed by atoms with Crippen LogP contribution in [0.25, 0.3) is 0 Å². The molecule has 5 nitrogen and oxygen atoms in total. The van der Waals surface area contributed by atoms with Gasteiger partial charge in [0.15, 0.2) is 0 Å². The van der Waals surface area contributed by atoms with Crippen molar-refractivity contribution in [3.05, 3.63) is 24.5 Å². The van der Waals surface area contributed by atoms with Gasteiger partial charge in [-0.1, -0.05) is 0 Å². The summed E-state index contributed by atoms with van der Waals surface area (Å²) in [4.78, 5) is 17.5. The van der Waals surface area contributed by atoms with E-state index in [0.29, 0.717) is 12.2 Å². The fraction of sp³-hybridized carbons (Fsp3) is 0.455. The summed E-state index contributed by atoms with van der Waals surface area (Å²) in [7, 11) is 0. The number of pyridine rings is 1. The van der Waals surface area contributed by atoms with Crippen molar-refractivity contribution < 1.29 is 9.90 Å². The van der Waals surface area contributed by atoms with Crippen molar-refractivity contribution in [2.75, 3.05) is 18.5 Å². The van der Waals surface area contributed by atoms with E-state index in [2.05, 4.69) is 10.3 Å². The van der Waals surface area contributed by atoms with E-state index in [-0.39, 0.29) is 18.7 Å². The van der Waals surface area contributed by atoms with Crippen molar-refractivity contribution in [2.45, 2.75) is 18.9 Å². The number of aliphatic hydroxyl groups is 1. The van der Waals surface area contributed by atoms with Crippen molar-refractivity contribution in [2.24, 2.45) is 0 Å². The first-order chi connectivity index (χ1) is 7.81. The highest BCUT2D eigenvalue weighted by molar-refractivity contribution is 5.89. The Kier molecular flexibility index (Phi) is 3.36. The van der Waals surface area contributed by atoms with Gasteiger partial charge in [-0.15, -0.1) is 0 Å². The molecule has 1 saturated heterocycles. The Morgan fingerprint density at radius 1 is 1.69 bits per heavy atom. The Morgan fingerprint density at radius 2 is 2.56 bits per heavy atom. The topological polar surface area (TPSA) is 65.5 Å². The molecule has 0 spiro atoms. The number of likely N-dealkylation sites (tertiary alicyclic amines) is 1. The number of aliphatic hydroxyl groups excluding tert-OH is 1. The molecule has 5 heteroatoms. The zero-order valence-electron chi connectivity index (χ0n) is 8.97. The number of rotatable bonds is 2. The van der Waals surface area contributed by atoms with Crippen molar-refractivity contribution >= 4 is 11.7 Å². The van der Waals surface area contributed by atoms with Crippen molar-refractivity contribution in [1.82, 2.24) is 9.88 Å². The monoisotopic (exact) mass is 221 g/mol. The molecule has 86 valence electrons. The molecule has 0 aromatic carbocycles. The summed E-state index contributed by atoms with van der Waals surface area (Å²) in [5.74, 6) is 0. The molecule has 2 N–H and O–H groups in total. The average molecular weight is 221 g/mol. The summed E-state index contributed by atoms with van der Waals surface area (Å²) in [5, 5.41) is 11.9. The second-order valence-corrected chi connectivity index (χ2v) is 3.84. The molecule has 0 saturated carbocycles. The summed E-state index contributed by atoms with van der Waals surface area (Å²) in [5.41, 5.74) is 0.677. The van der Waals surface area contributed by atoms with Gasteiger partial charge in [0.25, 0.3) is 0 Å². The third-order valence-corrected chi connectivity index (χ3v) is 2.76. The lowest BCUT2D eigenvalue weighted by atomic mass is 10.2. The average Bonchev–Trinajstić information content (AvgIpc) is 2.78. The molecule has 0 radical (unpaired) electrons. The maximum atomic E-state index is 11.9. The summed E-state index contributed by atoms with van der Waals surface area (Å²) >= 11 is 0. The van der Waals surface area contributed by atoms with Crippen LogP contribution in [-0.4, -0.2) is 40.2 Å². The van der Waals surface area contributed by atoms with Crippen LogP contribution in [-0.2, 0) is 0 Å². The lowest BCUT2D eigenvalue weighted by Gasteiger charge is -2.23. The van der Waals surface area contributed by atoms with E-state index in [4.69, 9.17) is 5.11 Å². The second kappa shape index (κ2) is 4.94. The third kappa shape index (κ3) is 2.30. The van der Waals surface area contributed by atoms with Gasteiger partial charge < -0.3 is 15.3 Å². The number of hydrogen-bond donors (Lipinski definition) is 2. The van der Waals surface area contributed by atoms with E-state index in [0.717, 1.165) is 12.8 Å². The number of urea groups is 1. The Labute approximate surface area is 94.1 Å². The number of carbonyl (C=O) groups excluding carboxylic acids is 1. The van der Waals surface area contributed by atoms with Gasteiger partial charge in [0.05, 0.1) is 24.5 Å². The highest BCUT2D eigenvalue weighted by atomic mass is 16.3. The Bertz CT molecular complexity index is 356. The fourth-order valence-electron chi connectivity index (χ4n) is 1.92. The van der Waals surface area contributed by atoms with E-state index < -0.39 is 0 Å². The SMILES string of the molecule is O=C(Nc1cccnc1)N1CCC[C@H]1CO. The van der Waals surface area contributed by atoms with E-state index in [1.807, 2.05) is 0 Å². The minimum Gasteiger partial charge on any atom is -0.394 e. The molecule has 0 bridgehead atoms. The first-order valence-corrected chi connectivity index (χ1v) is 5.40. The van der Waals surface area contributed by atoms with E-state index >= 15 is 0 Å². The third-order valence-electron chi connectivity index (χ3n) is 2.76. The first-order valence-electron chi connectivity index (χ1n) is 5.40. The molecule has 1 aliphatic rings. The van der Waals surface area contributed by atoms with Crippen LogP contribution in [0.15, 0.2) is 24.5 Å². The molecular formula is C11H15N3O2. The Hall–Kier alpha value is -1.62. The molecule has 2 rings (SSSR count). The number of aromatic nitrogens is 1. The van der Waals surface area contributed by atoms with Crippen LogP contribution < -0.4 is 5.32 Å². The molecule has 1 atom stereocenters. The van der Waals surface area contributed by atoms with E-state index in [1.54, 1.807) is 29.4 Å². The maximum Gasteiger partial charge on any atom is 0.322 e. The van der Waals surface area contributed by atoms with E-state index in [1.165, 1.54) is 0 Å². The number of anilines is 1. The predicted octanol–water partition coefficient (Wildman–Crippen LogP) is 1.07. The smallest absolute Gasteiger partial charge is 0.322 e. The molecule has 0 aliphatic carbocycles. The Balaban J connectivity index is 1.98. The largest absolute Gasteiger partial charge is 0.394 e.